The van der Waals surface area contributed by atoms with Gasteiger partial charge in [-0.25, -0.2) is 0 Å². The third-order valence-electron chi connectivity index (χ3n) is 6.33. The largest absolute Gasteiger partial charge is 0.493 e. The number of hydrogen-bond acceptors (Lipinski definition) is 4. The van der Waals surface area contributed by atoms with Crippen molar-refractivity contribution in [1.82, 2.24) is 5.32 Å². The Labute approximate surface area is 159 Å². The summed E-state index contributed by atoms with van der Waals surface area (Å²) < 4.78 is 16.8. The SMILES string of the molecule is CC[C@@]1(C)C[C@@](CCNCc2ccc(OC)c(OC)c2)(C(C)C)CCO1. The van der Waals surface area contributed by atoms with Crippen LogP contribution in [0.1, 0.15) is 58.9 Å². The first-order valence-corrected chi connectivity index (χ1v) is 9.93. The molecule has 0 aliphatic carbocycles. The van der Waals surface area contributed by atoms with Crippen LogP contribution in [-0.4, -0.2) is 33.0 Å². The lowest BCUT2D eigenvalue weighted by molar-refractivity contribution is -0.132. The molecule has 0 amide bonds. The van der Waals surface area contributed by atoms with Crippen LogP contribution >= 0.6 is 0 Å². The summed E-state index contributed by atoms with van der Waals surface area (Å²) in [5.74, 6) is 2.23. The topological polar surface area (TPSA) is 39.7 Å². The predicted octanol–water partition coefficient (Wildman–Crippen LogP) is 4.81. The lowest BCUT2D eigenvalue weighted by Crippen LogP contribution is -2.46. The zero-order chi connectivity index (χ0) is 19.2. The van der Waals surface area contributed by atoms with E-state index in [9.17, 15) is 0 Å². The van der Waals surface area contributed by atoms with E-state index < -0.39 is 0 Å². The van der Waals surface area contributed by atoms with Crippen LogP contribution < -0.4 is 14.8 Å². The van der Waals surface area contributed by atoms with Crippen LogP contribution in [0, 0.1) is 11.3 Å². The highest BCUT2D eigenvalue weighted by atomic mass is 16.5. The molecule has 1 aliphatic rings. The van der Waals surface area contributed by atoms with Gasteiger partial charge in [-0.3, -0.25) is 0 Å². The highest BCUT2D eigenvalue weighted by Crippen LogP contribution is 2.47. The molecule has 1 fully saturated rings. The number of ether oxygens (including phenoxy) is 3. The molecule has 148 valence electrons. The molecular weight excluding hydrogens is 326 g/mol. The fraction of sp³-hybridized carbons (Fsp3) is 0.727. The summed E-state index contributed by atoms with van der Waals surface area (Å²) in [6, 6.07) is 6.11. The Balaban J connectivity index is 1.92. The lowest BCUT2D eigenvalue weighted by atomic mass is 9.64. The zero-order valence-electron chi connectivity index (χ0n) is 17.5. The maximum atomic E-state index is 6.10. The molecule has 0 unspecified atom stereocenters. The quantitative estimate of drug-likeness (QED) is 0.640. The first-order valence-electron chi connectivity index (χ1n) is 9.93. The summed E-state index contributed by atoms with van der Waals surface area (Å²) in [4.78, 5) is 0. The Morgan fingerprint density at radius 1 is 1.19 bits per heavy atom. The molecule has 4 nitrogen and oxygen atoms in total. The van der Waals surface area contributed by atoms with Crippen molar-refractivity contribution in [1.29, 1.82) is 0 Å². The van der Waals surface area contributed by atoms with Gasteiger partial charge in [0.25, 0.3) is 0 Å². The van der Waals surface area contributed by atoms with Crippen LogP contribution in [0.5, 0.6) is 11.5 Å². The Bertz CT molecular complexity index is 575. The van der Waals surface area contributed by atoms with Crippen molar-refractivity contribution in [3.05, 3.63) is 23.8 Å². The number of hydrogen-bond donors (Lipinski definition) is 1. The van der Waals surface area contributed by atoms with Gasteiger partial charge in [0.2, 0.25) is 0 Å². The Hall–Kier alpha value is -1.26. The summed E-state index contributed by atoms with van der Waals surface area (Å²) in [5, 5.41) is 3.63. The number of rotatable bonds is 9. The van der Waals surface area contributed by atoms with Crippen LogP contribution in [0.15, 0.2) is 18.2 Å². The van der Waals surface area contributed by atoms with Crippen molar-refractivity contribution in [3.8, 4) is 11.5 Å². The second-order valence-corrected chi connectivity index (χ2v) is 8.21. The van der Waals surface area contributed by atoms with E-state index in [0.717, 1.165) is 50.5 Å². The van der Waals surface area contributed by atoms with Gasteiger partial charge in [0, 0.05) is 13.2 Å². The van der Waals surface area contributed by atoms with E-state index in [2.05, 4.69) is 39.1 Å². The minimum absolute atomic E-state index is 0.0336. The van der Waals surface area contributed by atoms with Gasteiger partial charge >= 0.3 is 0 Å². The van der Waals surface area contributed by atoms with E-state index in [0.29, 0.717) is 11.3 Å². The summed E-state index contributed by atoms with van der Waals surface area (Å²) in [6.45, 7) is 12.0. The molecule has 1 aliphatic heterocycles. The van der Waals surface area contributed by atoms with Crippen molar-refractivity contribution in [2.45, 2.75) is 65.5 Å². The van der Waals surface area contributed by atoms with Crippen molar-refractivity contribution in [3.63, 3.8) is 0 Å². The summed E-state index contributed by atoms with van der Waals surface area (Å²) in [6.07, 6.45) is 4.60. The summed E-state index contributed by atoms with van der Waals surface area (Å²) in [7, 11) is 3.34. The van der Waals surface area contributed by atoms with Crippen molar-refractivity contribution in [2.24, 2.45) is 11.3 Å². The maximum Gasteiger partial charge on any atom is 0.161 e. The average Bonchev–Trinajstić information content (AvgIpc) is 2.65. The molecule has 26 heavy (non-hydrogen) atoms. The molecule has 4 heteroatoms. The molecule has 2 rings (SSSR count). The molecule has 0 bridgehead atoms. The molecule has 1 saturated heterocycles. The van der Waals surface area contributed by atoms with E-state index in [1.807, 2.05) is 12.1 Å². The first kappa shape index (κ1) is 21.0. The average molecular weight is 364 g/mol. The first-order chi connectivity index (χ1) is 12.4. The second kappa shape index (κ2) is 9.09. The standard InChI is InChI=1S/C22H37NO3/c1-7-21(4)16-22(17(2)3,11-13-26-21)10-12-23-15-18-8-9-19(24-5)20(14-18)25-6/h8-9,14,17,23H,7,10-13,15-16H2,1-6H3/t21-,22-/m0/s1. The van der Waals surface area contributed by atoms with Crippen LogP contribution in [0.2, 0.25) is 0 Å². The normalized spacial score (nSPS) is 26.1. The highest BCUT2D eigenvalue weighted by molar-refractivity contribution is 5.42. The van der Waals surface area contributed by atoms with Crippen molar-refractivity contribution >= 4 is 0 Å². The van der Waals surface area contributed by atoms with E-state index in [4.69, 9.17) is 14.2 Å². The smallest absolute Gasteiger partial charge is 0.161 e. The van der Waals surface area contributed by atoms with Gasteiger partial charge in [0.1, 0.15) is 0 Å². The third-order valence-corrected chi connectivity index (χ3v) is 6.33. The van der Waals surface area contributed by atoms with Crippen LogP contribution in [0.3, 0.4) is 0 Å². The second-order valence-electron chi connectivity index (χ2n) is 8.21. The maximum absolute atomic E-state index is 6.10. The molecule has 1 aromatic rings. The van der Waals surface area contributed by atoms with Crippen LogP contribution in [0.25, 0.3) is 0 Å². The number of nitrogens with one attached hydrogen (secondary N) is 1. The van der Waals surface area contributed by atoms with E-state index in [1.165, 1.54) is 12.0 Å². The van der Waals surface area contributed by atoms with Crippen LogP contribution in [0.4, 0.5) is 0 Å². The van der Waals surface area contributed by atoms with Crippen molar-refractivity contribution < 1.29 is 14.2 Å². The van der Waals surface area contributed by atoms with E-state index >= 15 is 0 Å². The molecule has 1 aromatic carbocycles. The predicted molar refractivity (Wildman–Crippen MR) is 107 cm³/mol. The number of benzene rings is 1. The van der Waals surface area contributed by atoms with Crippen LogP contribution in [-0.2, 0) is 11.3 Å². The Morgan fingerprint density at radius 2 is 1.92 bits per heavy atom. The highest BCUT2D eigenvalue weighted by Gasteiger charge is 2.43. The molecular formula is C22H37NO3. The Morgan fingerprint density at radius 3 is 2.54 bits per heavy atom. The van der Waals surface area contributed by atoms with Crippen molar-refractivity contribution in [2.75, 3.05) is 27.4 Å². The molecule has 0 spiro atoms. The molecule has 2 atom stereocenters. The minimum Gasteiger partial charge on any atom is -0.493 e. The summed E-state index contributed by atoms with van der Waals surface area (Å²) >= 11 is 0. The van der Waals surface area contributed by atoms with Gasteiger partial charge in [-0.1, -0.05) is 26.8 Å². The van der Waals surface area contributed by atoms with E-state index in [1.54, 1.807) is 14.2 Å². The van der Waals surface area contributed by atoms with Gasteiger partial charge in [0.15, 0.2) is 11.5 Å². The van der Waals surface area contributed by atoms with Gasteiger partial charge in [-0.05, 0) is 68.2 Å². The molecule has 0 aromatic heterocycles. The zero-order valence-corrected chi connectivity index (χ0v) is 17.5. The van der Waals surface area contributed by atoms with E-state index in [-0.39, 0.29) is 5.60 Å². The molecule has 1 heterocycles. The Kier molecular flexibility index (Phi) is 7.36. The monoisotopic (exact) mass is 363 g/mol. The minimum atomic E-state index is 0.0336. The summed E-state index contributed by atoms with van der Waals surface area (Å²) in [5.41, 5.74) is 1.62. The lowest BCUT2D eigenvalue weighted by Gasteiger charge is -2.49. The molecule has 0 saturated carbocycles. The number of methoxy groups -OCH3 is 2. The molecule has 0 radical (unpaired) electrons. The molecule has 1 N–H and O–H groups in total. The fourth-order valence-corrected chi connectivity index (χ4v) is 4.17. The third kappa shape index (κ3) is 4.92. The van der Waals surface area contributed by atoms with Gasteiger partial charge < -0.3 is 19.5 Å². The van der Waals surface area contributed by atoms with Gasteiger partial charge in [-0.2, -0.15) is 0 Å². The van der Waals surface area contributed by atoms with Gasteiger partial charge in [0.05, 0.1) is 19.8 Å². The fourth-order valence-electron chi connectivity index (χ4n) is 4.17. The van der Waals surface area contributed by atoms with Gasteiger partial charge in [-0.15, -0.1) is 0 Å².